The van der Waals surface area contributed by atoms with Crippen LogP contribution in [0.5, 0.6) is 11.5 Å². The van der Waals surface area contributed by atoms with Crippen LogP contribution in [0.25, 0.3) is 0 Å². The Bertz CT molecular complexity index is 850. The largest absolute Gasteiger partial charge is 0.491 e. The summed E-state index contributed by atoms with van der Waals surface area (Å²) in [5.41, 5.74) is 1.74. The molecule has 0 bridgehead atoms. The second-order valence-electron chi connectivity index (χ2n) is 7.70. The second-order valence-corrected chi connectivity index (χ2v) is 8.86. The van der Waals surface area contributed by atoms with Crippen LogP contribution in [-0.2, 0) is 0 Å². The molecular weight excluding hydrogens is 489 g/mol. The Morgan fingerprint density at radius 2 is 1.90 bits per heavy atom. The van der Waals surface area contributed by atoms with Gasteiger partial charge in [-0.25, -0.2) is 0 Å². The number of likely N-dealkylation sites (N-methyl/N-ethyl adjacent to an activating group) is 1. The molecule has 2 aromatic rings. The van der Waals surface area contributed by atoms with Gasteiger partial charge >= 0.3 is 0 Å². The molecule has 162 valence electrons. The Labute approximate surface area is 194 Å². The second kappa shape index (κ2) is 11.1. The number of nitrogens with zero attached hydrogens (tertiary/aromatic N) is 1. The molecule has 5 heteroatoms. The number of ether oxygens (including phenoxy) is 2. The predicted octanol–water partition coefficient (Wildman–Crippen LogP) is 5.93. The molecule has 0 aromatic heterocycles. The van der Waals surface area contributed by atoms with E-state index in [9.17, 15) is 4.79 Å². The van der Waals surface area contributed by atoms with Gasteiger partial charge in [0.2, 0.25) is 0 Å². The Morgan fingerprint density at radius 3 is 2.60 bits per heavy atom. The van der Waals surface area contributed by atoms with Crippen LogP contribution in [0.1, 0.15) is 61.9 Å². The van der Waals surface area contributed by atoms with Crippen molar-refractivity contribution in [3.63, 3.8) is 0 Å². The fraction of sp³-hybridized carbons (Fsp3) is 0.480. The quantitative estimate of drug-likeness (QED) is 0.272. The summed E-state index contributed by atoms with van der Waals surface area (Å²) >= 11 is 2.26. The molecule has 1 aliphatic rings. The summed E-state index contributed by atoms with van der Waals surface area (Å²) in [4.78, 5) is 15.8. The van der Waals surface area contributed by atoms with Gasteiger partial charge in [-0.1, -0.05) is 51.8 Å². The number of rotatable bonds is 11. The van der Waals surface area contributed by atoms with Crippen molar-refractivity contribution in [1.82, 2.24) is 4.90 Å². The first-order valence-corrected chi connectivity index (χ1v) is 12.1. The van der Waals surface area contributed by atoms with Gasteiger partial charge in [0.25, 0.3) is 0 Å². The lowest BCUT2D eigenvalue weighted by atomic mass is 9.86. The zero-order valence-electron chi connectivity index (χ0n) is 18.2. The van der Waals surface area contributed by atoms with Gasteiger partial charge in [-0.05, 0) is 66.4 Å². The van der Waals surface area contributed by atoms with Crippen molar-refractivity contribution in [1.29, 1.82) is 0 Å². The van der Waals surface area contributed by atoms with Gasteiger partial charge in [0.05, 0.1) is 9.49 Å². The van der Waals surface area contributed by atoms with Crippen molar-refractivity contribution in [2.75, 3.05) is 26.2 Å². The first kappa shape index (κ1) is 23.1. The minimum atomic E-state index is -0.238. The Morgan fingerprint density at radius 1 is 1.13 bits per heavy atom. The lowest BCUT2D eigenvalue weighted by Crippen LogP contribution is -2.28. The van der Waals surface area contributed by atoms with Crippen molar-refractivity contribution in [2.24, 2.45) is 0 Å². The van der Waals surface area contributed by atoms with Crippen LogP contribution in [0.4, 0.5) is 0 Å². The number of carbonyl (C=O) groups is 1. The summed E-state index contributed by atoms with van der Waals surface area (Å²) in [5, 5.41) is 0. The van der Waals surface area contributed by atoms with Crippen LogP contribution in [0, 0.1) is 3.57 Å². The molecule has 4 nitrogen and oxygen atoms in total. The summed E-state index contributed by atoms with van der Waals surface area (Å²) in [6.07, 6.45) is 2.96. The van der Waals surface area contributed by atoms with E-state index in [0.29, 0.717) is 6.61 Å². The summed E-state index contributed by atoms with van der Waals surface area (Å²) < 4.78 is 13.1. The summed E-state index contributed by atoms with van der Waals surface area (Å²) in [6, 6.07) is 13.7. The van der Waals surface area contributed by atoms with Gasteiger partial charge in [-0.2, -0.15) is 0 Å². The van der Waals surface area contributed by atoms with Gasteiger partial charge in [-0.3, -0.25) is 4.79 Å². The van der Waals surface area contributed by atoms with Crippen molar-refractivity contribution in [3.05, 3.63) is 57.2 Å². The third-order valence-corrected chi connectivity index (χ3v) is 6.65. The fourth-order valence-electron chi connectivity index (χ4n) is 3.99. The highest BCUT2D eigenvalue weighted by Gasteiger charge is 2.39. The molecule has 0 radical (unpaired) electrons. The van der Waals surface area contributed by atoms with Gasteiger partial charge < -0.3 is 14.4 Å². The number of ketones is 1. The number of benzene rings is 2. The van der Waals surface area contributed by atoms with Crippen molar-refractivity contribution in [2.45, 2.75) is 52.1 Å². The maximum absolute atomic E-state index is 13.5. The lowest BCUT2D eigenvalue weighted by Gasteiger charge is -2.19. The normalized spacial score (nSPS) is 17.6. The molecule has 2 atom stereocenters. The fourth-order valence-corrected chi connectivity index (χ4v) is 4.66. The number of hydrogen-bond donors (Lipinski definition) is 0. The van der Waals surface area contributed by atoms with E-state index < -0.39 is 0 Å². The molecule has 1 heterocycles. The third-order valence-electron chi connectivity index (χ3n) is 5.80. The smallest absolute Gasteiger partial charge is 0.174 e. The van der Waals surface area contributed by atoms with Crippen LogP contribution in [0.3, 0.4) is 0 Å². The van der Waals surface area contributed by atoms with E-state index in [0.717, 1.165) is 65.1 Å². The maximum atomic E-state index is 13.5. The molecule has 2 aromatic carbocycles. The van der Waals surface area contributed by atoms with E-state index in [4.69, 9.17) is 9.47 Å². The highest BCUT2D eigenvalue weighted by molar-refractivity contribution is 14.1. The molecule has 0 fully saturated rings. The van der Waals surface area contributed by atoms with Gasteiger partial charge in [0.1, 0.15) is 24.2 Å². The Hall–Kier alpha value is -1.60. The number of halogens is 1. The van der Waals surface area contributed by atoms with E-state index >= 15 is 0 Å². The number of unbranched alkanes of at least 4 members (excludes halogenated alkanes) is 1. The summed E-state index contributed by atoms with van der Waals surface area (Å²) in [7, 11) is 0. The molecule has 3 rings (SSSR count). The maximum Gasteiger partial charge on any atom is 0.174 e. The number of fused-ring (bicyclic) bond motifs is 1. The van der Waals surface area contributed by atoms with Crippen LogP contribution in [0.2, 0.25) is 0 Å². The van der Waals surface area contributed by atoms with Gasteiger partial charge in [0, 0.05) is 17.7 Å². The number of carbonyl (C=O) groups excluding carboxylic acids is 1. The highest BCUT2D eigenvalue weighted by atomic mass is 127. The van der Waals surface area contributed by atoms with E-state index in [-0.39, 0.29) is 17.8 Å². The highest BCUT2D eigenvalue weighted by Crippen LogP contribution is 2.42. The van der Waals surface area contributed by atoms with Crippen LogP contribution in [0.15, 0.2) is 42.5 Å². The van der Waals surface area contributed by atoms with Crippen molar-refractivity contribution < 1.29 is 14.3 Å². The van der Waals surface area contributed by atoms with E-state index in [2.05, 4.69) is 48.3 Å². The van der Waals surface area contributed by atoms with Crippen LogP contribution in [-0.4, -0.2) is 43.0 Å². The monoisotopic (exact) mass is 521 g/mol. The average Bonchev–Trinajstić information content (AvgIpc) is 3.14. The van der Waals surface area contributed by atoms with Gasteiger partial charge in [0.15, 0.2) is 5.78 Å². The van der Waals surface area contributed by atoms with Crippen molar-refractivity contribution >= 4 is 28.4 Å². The van der Waals surface area contributed by atoms with E-state index in [1.807, 2.05) is 42.5 Å². The molecule has 0 unspecified atom stereocenters. The Balaban J connectivity index is 1.74. The van der Waals surface area contributed by atoms with Crippen molar-refractivity contribution in [3.8, 4) is 11.5 Å². The number of Topliss-reactive ketones (excluding diaryl/α,β-unsaturated/α-hetero) is 1. The number of para-hydroxylation sites is 1. The number of hydrogen-bond acceptors (Lipinski definition) is 4. The van der Waals surface area contributed by atoms with E-state index in [1.54, 1.807) is 0 Å². The minimum absolute atomic E-state index is 0.0856. The zero-order chi connectivity index (χ0) is 21.5. The average molecular weight is 521 g/mol. The molecule has 0 aliphatic carbocycles. The van der Waals surface area contributed by atoms with Gasteiger partial charge in [-0.15, -0.1) is 0 Å². The first-order chi connectivity index (χ1) is 14.6. The SMILES string of the molecule is CCCC[C@H]1Oc2ccccc2[C@@H]1C(=O)c1ccc(OCCN(CC)CC)c(I)c1. The molecule has 1 aliphatic heterocycles. The third kappa shape index (κ3) is 5.35. The standard InChI is InChI=1S/C25H32INO3/c1-4-7-11-23-24(19-10-8-9-12-21(19)30-23)25(28)18-13-14-22(20(26)17-18)29-16-15-27(5-2)6-3/h8-10,12-14,17,23-24H,4-7,11,15-16H2,1-3H3/t23-,24+/m1/s1. The first-order valence-electron chi connectivity index (χ1n) is 11.0. The lowest BCUT2D eigenvalue weighted by molar-refractivity contribution is 0.0886. The topological polar surface area (TPSA) is 38.8 Å². The summed E-state index contributed by atoms with van der Waals surface area (Å²) in [6.45, 7) is 10.1. The molecule has 30 heavy (non-hydrogen) atoms. The van der Waals surface area contributed by atoms with Crippen LogP contribution >= 0.6 is 22.6 Å². The summed E-state index contributed by atoms with van der Waals surface area (Å²) in [5.74, 6) is 1.58. The predicted molar refractivity (Wildman–Crippen MR) is 130 cm³/mol. The molecule has 0 saturated carbocycles. The molecule has 0 spiro atoms. The molecule has 0 N–H and O–H groups in total. The molecule has 0 saturated heterocycles. The zero-order valence-corrected chi connectivity index (χ0v) is 20.4. The minimum Gasteiger partial charge on any atom is -0.491 e. The molecular formula is C25H32INO3. The molecule has 0 amide bonds. The van der Waals surface area contributed by atoms with Crippen LogP contribution < -0.4 is 9.47 Å². The van der Waals surface area contributed by atoms with E-state index in [1.165, 1.54) is 0 Å². The Kier molecular flexibility index (Phi) is 8.57.